The summed E-state index contributed by atoms with van der Waals surface area (Å²) in [7, 11) is 0. The van der Waals surface area contributed by atoms with Crippen molar-refractivity contribution in [3.63, 3.8) is 0 Å². The summed E-state index contributed by atoms with van der Waals surface area (Å²) in [5.41, 5.74) is 0.753. The first-order valence-electron chi connectivity index (χ1n) is 8.73. The second-order valence-electron chi connectivity index (χ2n) is 6.00. The van der Waals surface area contributed by atoms with Crippen molar-refractivity contribution in [1.82, 2.24) is 10.6 Å². The molecule has 0 bridgehead atoms. The first kappa shape index (κ1) is 19.1. The Labute approximate surface area is 162 Å². The quantitative estimate of drug-likeness (QED) is 0.659. The number of carbonyl (C=O) groups excluding carboxylic acids is 2. The molecule has 3 aromatic rings. The van der Waals surface area contributed by atoms with Crippen LogP contribution < -0.4 is 15.4 Å². The monoisotopic (exact) mass is 378 g/mol. The lowest BCUT2D eigenvalue weighted by molar-refractivity contribution is -0.120. The van der Waals surface area contributed by atoms with Crippen molar-refractivity contribution in [3.05, 3.63) is 95.8 Å². The maximum Gasteiger partial charge on any atom is 0.254 e. The van der Waals surface area contributed by atoms with Crippen LogP contribution in [0.2, 0.25) is 0 Å². The zero-order chi connectivity index (χ0) is 19.8. The predicted molar refractivity (Wildman–Crippen MR) is 104 cm³/mol. The summed E-state index contributed by atoms with van der Waals surface area (Å²) in [6.07, 6.45) is 0. The molecule has 0 saturated heterocycles. The first-order chi connectivity index (χ1) is 13.6. The summed E-state index contributed by atoms with van der Waals surface area (Å²) < 4.78 is 19.3. The van der Waals surface area contributed by atoms with Gasteiger partial charge in [0, 0.05) is 6.54 Å². The van der Waals surface area contributed by atoms with Gasteiger partial charge in [-0.15, -0.1) is 0 Å². The van der Waals surface area contributed by atoms with Crippen LogP contribution in [0.5, 0.6) is 11.5 Å². The van der Waals surface area contributed by atoms with E-state index in [1.807, 2.05) is 54.6 Å². The van der Waals surface area contributed by atoms with E-state index in [0.29, 0.717) is 5.75 Å². The molecule has 0 radical (unpaired) electrons. The molecule has 0 aromatic heterocycles. The minimum absolute atomic E-state index is 0.0962. The van der Waals surface area contributed by atoms with Crippen LogP contribution in [0.25, 0.3) is 0 Å². The second kappa shape index (κ2) is 9.32. The summed E-state index contributed by atoms with van der Waals surface area (Å²) in [5, 5.41) is 5.11. The highest BCUT2D eigenvalue weighted by atomic mass is 19.1. The second-order valence-corrected chi connectivity index (χ2v) is 6.00. The van der Waals surface area contributed by atoms with E-state index >= 15 is 0 Å². The van der Waals surface area contributed by atoms with E-state index in [0.717, 1.165) is 11.3 Å². The van der Waals surface area contributed by atoms with E-state index in [-0.39, 0.29) is 24.6 Å². The average molecular weight is 378 g/mol. The molecule has 0 unspecified atom stereocenters. The van der Waals surface area contributed by atoms with E-state index in [2.05, 4.69) is 10.6 Å². The van der Waals surface area contributed by atoms with Crippen molar-refractivity contribution in [2.24, 2.45) is 0 Å². The number of halogens is 1. The Balaban J connectivity index is 1.49. The molecule has 0 heterocycles. The Morgan fingerprint density at radius 3 is 2.32 bits per heavy atom. The predicted octanol–water partition coefficient (Wildman–Crippen LogP) is 3.66. The first-order valence-corrected chi connectivity index (χ1v) is 8.73. The smallest absolute Gasteiger partial charge is 0.254 e. The lowest BCUT2D eigenvalue weighted by atomic mass is 10.2. The molecule has 0 atom stereocenters. The highest BCUT2D eigenvalue weighted by molar-refractivity contribution is 5.96. The molecule has 0 aliphatic rings. The van der Waals surface area contributed by atoms with E-state index in [9.17, 15) is 14.0 Å². The third-order valence-electron chi connectivity index (χ3n) is 3.90. The van der Waals surface area contributed by atoms with Crippen LogP contribution in [0.3, 0.4) is 0 Å². The SMILES string of the molecule is O=C(CNC(=O)c1ccccc1F)NCc1cccc(Oc2ccccc2)c1. The lowest BCUT2D eigenvalue weighted by Crippen LogP contribution is -2.36. The normalized spacial score (nSPS) is 10.2. The lowest BCUT2D eigenvalue weighted by Gasteiger charge is -2.09. The Hall–Kier alpha value is -3.67. The number of hydrogen-bond donors (Lipinski definition) is 2. The van der Waals surface area contributed by atoms with Gasteiger partial charge < -0.3 is 15.4 Å². The Morgan fingerprint density at radius 2 is 1.54 bits per heavy atom. The molecule has 3 rings (SSSR count). The molecule has 2 N–H and O–H groups in total. The van der Waals surface area contributed by atoms with Crippen LogP contribution in [0, 0.1) is 5.82 Å². The van der Waals surface area contributed by atoms with Crippen LogP contribution in [0.1, 0.15) is 15.9 Å². The molecule has 2 amide bonds. The van der Waals surface area contributed by atoms with Gasteiger partial charge in [0.1, 0.15) is 17.3 Å². The van der Waals surface area contributed by atoms with Crippen molar-refractivity contribution >= 4 is 11.8 Å². The zero-order valence-corrected chi connectivity index (χ0v) is 15.0. The number of carbonyl (C=O) groups is 2. The van der Waals surface area contributed by atoms with Crippen molar-refractivity contribution in [2.45, 2.75) is 6.54 Å². The van der Waals surface area contributed by atoms with Crippen molar-refractivity contribution < 1.29 is 18.7 Å². The van der Waals surface area contributed by atoms with Crippen LogP contribution in [-0.2, 0) is 11.3 Å². The third-order valence-corrected chi connectivity index (χ3v) is 3.90. The molecule has 0 fully saturated rings. The number of amides is 2. The molecule has 0 aliphatic carbocycles. The molecule has 0 spiro atoms. The van der Waals surface area contributed by atoms with Gasteiger partial charge in [-0.2, -0.15) is 0 Å². The summed E-state index contributed by atoms with van der Waals surface area (Å²) in [6, 6.07) is 22.3. The van der Waals surface area contributed by atoms with Gasteiger partial charge in [-0.25, -0.2) is 4.39 Å². The number of ether oxygens (including phenoxy) is 1. The summed E-state index contributed by atoms with van der Waals surface area (Å²) >= 11 is 0. The van der Waals surface area contributed by atoms with Gasteiger partial charge in [-0.3, -0.25) is 9.59 Å². The molecule has 0 aliphatic heterocycles. The topological polar surface area (TPSA) is 67.4 Å². The minimum atomic E-state index is -0.633. The fourth-order valence-corrected chi connectivity index (χ4v) is 2.51. The molecule has 5 nitrogen and oxygen atoms in total. The Bertz CT molecular complexity index is 961. The van der Waals surface area contributed by atoms with E-state index in [1.54, 1.807) is 6.07 Å². The van der Waals surface area contributed by atoms with Gasteiger partial charge in [0.05, 0.1) is 12.1 Å². The minimum Gasteiger partial charge on any atom is -0.457 e. The van der Waals surface area contributed by atoms with Crippen LogP contribution in [-0.4, -0.2) is 18.4 Å². The molecular weight excluding hydrogens is 359 g/mol. The van der Waals surface area contributed by atoms with Crippen LogP contribution in [0.15, 0.2) is 78.9 Å². The van der Waals surface area contributed by atoms with Gasteiger partial charge >= 0.3 is 0 Å². The maximum atomic E-state index is 13.6. The zero-order valence-electron chi connectivity index (χ0n) is 15.0. The maximum absolute atomic E-state index is 13.6. The molecule has 28 heavy (non-hydrogen) atoms. The largest absolute Gasteiger partial charge is 0.457 e. The molecular formula is C22H19FN2O3. The number of benzene rings is 3. The van der Waals surface area contributed by atoms with Crippen molar-refractivity contribution in [1.29, 1.82) is 0 Å². The molecule has 6 heteroatoms. The average Bonchev–Trinajstić information content (AvgIpc) is 2.72. The third kappa shape index (κ3) is 5.41. The van der Waals surface area contributed by atoms with E-state index in [1.165, 1.54) is 18.2 Å². The highest BCUT2D eigenvalue weighted by Gasteiger charge is 2.11. The van der Waals surface area contributed by atoms with Crippen molar-refractivity contribution in [2.75, 3.05) is 6.54 Å². The number of hydrogen-bond acceptors (Lipinski definition) is 3. The van der Waals surface area contributed by atoms with Crippen LogP contribution >= 0.6 is 0 Å². The highest BCUT2D eigenvalue weighted by Crippen LogP contribution is 2.21. The molecule has 142 valence electrons. The van der Waals surface area contributed by atoms with E-state index in [4.69, 9.17) is 4.74 Å². The van der Waals surface area contributed by atoms with Crippen molar-refractivity contribution in [3.8, 4) is 11.5 Å². The molecule has 3 aromatic carbocycles. The van der Waals surface area contributed by atoms with Gasteiger partial charge in [0.15, 0.2) is 0 Å². The Kier molecular flexibility index (Phi) is 6.36. The summed E-state index contributed by atoms with van der Waals surface area (Å²) in [5.74, 6) is -0.258. The fourth-order valence-electron chi connectivity index (χ4n) is 2.51. The number of para-hydroxylation sites is 1. The summed E-state index contributed by atoms with van der Waals surface area (Å²) in [6.45, 7) is 0.0355. The number of rotatable bonds is 7. The van der Waals surface area contributed by atoms with Gasteiger partial charge in [-0.1, -0.05) is 42.5 Å². The fraction of sp³-hybridized carbons (Fsp3) is 0.0909. The van der Waals surface area contributed by atoms with Crippen LogP contribution in [0.4, 0.5) is 4.39 Å². The molecule has 0 saturated carbocycles. The van der Waals surface area contributed by atoms with Gasteiger partial charge in [0.2, 0.25) is 5.91 Å². The Morgan fingerprint density at radius 1 is 0.821 bits per heavy atom. The van der Waals surface area contributed by atoms with Gasteiger partial charge in [-0.05, 0) is 42.0 Å². The van der Waals surface area contributed by atoms with Gasteiger partial charge in [0.25, 0.3) is 5.91 Å². The summed E-state index contributed by atoms with van der Waals surface area (Å²) in [4.78, 5) is 23.9. The standard InChI is InChI=1S/C22H19FN2O3/c23-20-12-5-4-11-19(20)22(27)25-15-21(26)24-14-16-7-6-10-18(13-16)28-17-8-2-1-3-9-17/h1-13H,14-15H2,(H,24,26)(H,25,27). The number of nitrogens with one attached hydrogen (secondary N) is 2. The van der Waals surface area contributed by atoms with E-state index < -0.39 is 11.7 Å².